The Balaban J connectivity index is 1.49. The minimum Gasteiger partial charge on any atom is -0.368 e. The number of halogens is 1. The molecular weight excluding hydrogens is 349 g/mol. The number of anilines is 1. The molecule has 1 aromatic carbocycles. The minimum atomic E-state index is -0.730. The number of rotatable bonds is 4. The zero-order valence-corrected chi connectivity index (χ0v) is 15.2. The molecule has 3 heterocycles. The van der Waals surface area contributed by atoms with E-state index in [9.17, 15) is 14.0 Å². The smallest absolute Gasteiger partial charge is 0.270 e. The van der Waals surface area contributed by atoms with Gasteiger partial charge in [-0.15, -0.1) is 0 Å². The molecule has 7 nitrogen and oxygen atoms in total. The summed E-state index contributed by atoms with van der Waals surface area (Å²) in [6.45, 7) is 3.62. The van der Waals surface area contributed by atoms with E-state index in [0.717, 1.165) is 19.5 Å². The van der Waals surface area contributed by atoms with Crippen LogP contribution in [-0.2, 0) is 9.59 Å². The van der Waals surface area contributed by atoms with Crippen molar-refractivity contribution in [2.75, 3.05) is 31.2 Å². The zero-order chi connectivity index (χ0) is 19.0. The van der Waals surface area contributed by atoms with Crippen molar-refractivity contribution in [3.8, 4) is 0 Å². The Labute approximate surface area is 157 Å². The van der Waals surface area contributed by atoms with E-state index in [1.807, 2.05) is 4.90 Å². The number of hydrogen-bond donors (Lipinski definition) is 1. The number of likely N-dealkylation sites (tertiary alicyclic amines) is 2. The van der Waals surface area contributed by atoms with Crippen molar-refractivity contribution in [3.63, 3.8) is 0 Å². The van der Waals surface area contributed by atoms with Crippen LogP contribution in [0.2, 0.25) is 0 Å². The fraction of sp³-hybridized carbons (Fsp3) is 0.526. The third kappa shape index (κ3) is 3.53. The van der Waals surface area contributed by atoms with Crippen LogP contribution >= 0.6 is 0 Å². The number of carbonyl (C=O) groups excluding carboxylic acids is 2. The predicted molar refractivity (Wildman–Crippen MR) is 99.7 cm³/mol. The van der Waals surface area contributed by atoms with Gasteiger partial charge in [0.25, 0.3) is 5.91 Å². The second-order valence-corrected chi connectivity index (χ2v) is 7.43. The Morgan fingerprint density at radius 1 is 1.11 bits per heavy atom. The predicted octanol–water partition coefficient (Wildman–Crippen LogP) is 0.942. The molecule has 2 N–H and O–H groups in total. The van der Waals surface area contributed by atoms with Crippen molar-refractivity contribution in [3.05, 3.63) is 30.1 Å². The Morgan fingerprint density at radius 2 is 1.81 bits per heavy atom. The van der Waals surface area contributed by atoms with E-state index in [4.69, 9.17) is 5.73 Å². The number of amides is 2. The van der Waals surface area contributed by atoms with Gasteiger partial charge in [0.05, 0.1) is 5.69 Å². The van der Waals surface area contributed by atoms with Gasteiger partial charge in [0, 0.05) is 25.6 Å². The molecule has 0 bridgehead atoms. The van der Waals surface area contributed by atoms with Gasteiger partial charge in [-0.05, 0) is 56.6 Å². The maximum Gasteiger partial charge on any atom is 0.270 e. The number of hydrazone groups is 1. The number of benzene rings is 1. The number of nitrogens with two attached hydrogens (primary N) is 1. The van der Waals surface area contributed by atoms with E-state index in [1.165, 1.54) is 42.1 Å². The van der Waals surface area contributed by atoms with Crippen LogP contribution in [0.25, 0.3) is 0 Å². The quantitative estimate of drug-likeness (QED) is 0.852. The lowest BCUT2D eigenvalue weighted by molar-refractivity contribution is -0.123. The first-order chi connectivity index (χ1) is 13.0. The fourth-order valence-electron chi connectivity index (χ4n) is 4.21. The van der Waals surface area contributed by atoms with Crippen LogP contribution < -0.4 is 10.7 Å². The molecule has 0 spiro atoms. The summed E-state index contributed by atoms with van der Waals surface area (Å²) in [6.07, 6.45) is 3.60. The number of carbonyl (C=O) groups is 2. The molecule has 27 heavy (non-hydrogen) atoms. The summed E-state index contributed by atoms with van der Waals surface area (Å²) in [4.78, 5) is 29.1. The average Bonchev–Trinajstić information content (AvgIpc) is 3.40. The first kappa shape index (κ1) is 17.9. The van der Waals surface area contributed by atoms with Crippen LogP contribution in [0, 0.1) is 5.82 Å². The number of hydrogen-bond acceptors (Lipinski definition) is 5. The van der Waals surface area contributed by atoms with Gasteiger partial charge in [-0.25, -0.2) is 4.39 Å². The summed E-state index contributed by atoms with van der Waals surface area (Å²) >= 11 is 0. The van der Waals surface area contributed by atoms with Gasteiger partial charge < -0.3 is 10.6 Å². The maximum atomic E-state index is 13.2. The lowest BCUT2D eigenvalue weighted by Crippen LogP contribution is -2.41. The molecule has 0 radical (unpaired) electrons. The van der Waals surface area contributed by atoms with Crippen LogP contribution in [0.3, 0.4) is 0 Å². The normalized spacial score (nSPS) is 25.9. The Kier molecular flexibility index (Phi) is 4.82. The summed E-state index contributed by atoms with van der Waals surface area (Å²) in [7, 11) is 0. The zero-order valence-electron chi connectivity index (χ0n) is 15.2. The highest BCUT2D eigenvalue weighted by atomic mass is 19.1. The molecule has 0 aromatic heterocycles. The third-order valence-corrected chi connectivity index (χ3v) is 5.68. The maximum absolute atomic E-state index is 13.2. The van der Waals surface area contributed by atoms with E-state index >= 15 is 0 Å². The van der Waals surface area contributed by atoms with Crippen LogP contribution in [0.15, 0.2) is 29.4 Å². The van der Waals surface area contributed by atoms with Crippen molar-refractivity contribution in [2.24, 2.45) is 10.8 Å². The van der Waals surface area contributed by atoms with E-state index < -0.39 is 11.9 Å². The van der Waals surface area contributed by atoms with Gasteiger partial charge in [0.2, 0.25) is 5.91 Å². The highest BCUT2D eigenvalue weighted by Crippen LogP contribution is 2.27. The van der Waals surface area contributed by atoms with Crippen molar-refractivity contribution in [1.29, 1.82) is 0 Å². The molecule has 0 saturated carbocycles. The topological polar surface area (TPSA) is 82.2 Å². The molecule has 2 fully saturated rings. The molecule has 2 amide bonds. The first-order valence-electron chi connectivity index (χ1n) is 9.48. The lowest BCUT2D eigenvalue weighted by Gasteiger charge is -2.23. The van der Waals surface area contributed by atoms with Gasteiger partial charge in [-0.3, -0.25) is 19.5 Å². The van der Waals surface area contributed by atoms with Crippen LogP contribution in [0.4, 0.5) is 10.1 Å². The van der Waals surface area contributed by atoms with Crippen molar-refractivity contribution >= 4 is 23.2 Å². The Hall–Kier alpha value is -2.48. The van der Waals surface area contributed by atoms with Gasteiger partial charge >= 0.3 is 0 Å². The molecular formula is C19H24FN5O2. The number of nitrogens with zero attached hydrogens (tertiary/aromatic N) is 4. The fourth-order valence-corrected chi connectivity index (χ4v) is 4.21. The molecule has 3 aliphatic heterocycles. The molecule has 2 saturated heterocycles. The molecule has 1 aromatic rings. The lowest BCUT2D eigenvalue weighted by atomic mass is 10.1. The summed E-state index contributed by atoms with van der Waals surface area (Å²) in [5, 5.41) is 5.81. The van der Waals surface area contributed by atoms with E-state index in [-0.39, 0.29) is 18.1 Å². The molecule has 0 aliphatic carbocycles. The molecule has 4 rings (SSSR count). The number of primary amides is 1. The van der Waals surface area contributed by atoms with Crippen LogP contribution in [0.5, 0.6) is 0 Å². The molecule has 8 heteroatoms. The highest BCUT2D eigenvalue weighted by Gasteiger charge is 2.39. The van der Waals surface area contributed by atoms with Crippen LogP contribution in [-0.4, -0.2) is 65.6 Å². The van der Waals surface area contributed by atoms with E-state index in [2.05, 4.69) is 10.0 Å². The third-order valence-electron chi connectivity index (χ3n) is 5.68. The molecule has 2 unspecified atom stereocenters. The van der Waals surface area contributed by atoms with Gasteiger partial charge in [0.15, 0.2) is 0 Å². The van der Waals surface area contributed by atoms with E-state index in [1.54, 1.807) is 0 Å². The minimum absolute atomic E-state index is 0.132. The van der Waals surface area contributed by atoms with Crippen molar-refractivity contribution in [1.82, 2.24) is 9.80 Å². The van der Waals surface area contributed by atoms with Crippen LogP contribution in [0.1, 0.15) is 25.7 Å². The average molecular weight is 373 g/mol. The van der Waals surface area contributed by atoms with Gasteiger partial charge in [-0.1, -0.05) is 0 Å². The Bertz CT molecular complexity index is 760. The monoisotopic (exact) mass is 373 g/mol. The summed E-state index contributed by atoms with van der Waals surface area (Å²) < 4.78 is 13.2. The molecule has 144 valence electrons. The highest BCUT2D eigenvalue weighted by molar-refractivity contribution is 6.40. The van der Waals surface area contributed by atoms with E-state index in [0.29, 0.717) is 30.5 Å². The van der Waals surface area contributed by atoms with Gasteiger partial charge in [-0.2, -0.15) is 5.10 Å². The SMILES string of the molecule is NC(=O)C1CC(C(=O)N2CCC(N3CCCC3)C2)=NN1c1ccc(F)cc1. The summed E-state index contributed by atoms with van der Waals surface area (Å²) in [5.41, 5.74) is 6.40. The molecule has 3 aliphatic rings. The van der Waals surface area contributed by atoms with Crippen molar-refractivity contribution in [2.45, 2.75) is 37.8 Å². The van der Waals surface area contributed by atoms with Gasteiger partial charge in [0.1, 0.15) is 17.6 Å². The standard InChI is InChI=1S/C19H24FN5O2/c20-13-3-5-14(6-4-13)25-17(18(21)26)11-16(22-25)19(27)24-10-7-15(12-24)23-8-1-2-9-23/h3-6,15,17H,1-2,7-12H2,(H2,21,26). The second-order valence-electron chi connectivity index (χ2n) is 7.43. The first-order valence-corrected chi connectivity index (χ1v) is 9.48. The summed E-state index contributed by atoms with van der Waals surface area (Å²) in [6, 6.07) is 5.33. The molecule has 2 atom stereocenters. The Morgan fingerprint density at radius 3 is 2.48 bits per heavy atom. The van der Waals surface area contributed by atoms with Crippen molar-refractivity contribution < 1.29 is 14.0 Å². The largest absolute Gasteiger partial charge is 0.368 e. The second kappa shape index (κ2) is 7.26. The summed E-state index contributed by atoms with van der Waals surface area (Å²) in [5.74, 6) is -1.06.